The van der Waals surface area contributed by atoms with Crippen LogP contribution in [0.3, 0.4) is 0 Å². The van der Waals surface area contributed by atoms with Crippen LogP contribution in [0.2, 0.25) is 0 Å². The molecule has 29 heavy (non-hydrogen) atoms. The molecule has 1 fully saturated rings. The molecule has 1 saturated heterocycles. The van der Waals surface area contributed by atoms with Crippen molar-refractivity contribution in [1.82, 2.24) is 9.88 Å². The second kappa shape index (κ2) is 8.51. The third kappa shape index (κ3) is 4.04. The van der Waals surface area contributed by atoms with E-state index in [0.29, 0.717) is 38.2 Å². The van der Waals surface area contributed by atoms with Crippen LogP contribution in [-0.2, 0) is 9.59 Å². The Bertz CT molecular complexity index is 865. The third-order valence-electron chi connectivity index (χ3n) is 5.49. The third-order valence-corrected chi connectivity index (χ3v) is 5.49. The van der Waals surface area contributed by atoms with Crippen LogP contribution in [-0.4, -0.2) is 60.5 Å². The quantitative estimate of drug-likeness (QED) is 0.779. The van der Waals surface area contributed by atoms with E-state index in [0.717, 1.165) is 24.6 Å². The highest BCUT2D eigenvalue weighted by Crippen LogP contribution is 2.34. The molecular formula is C22H26N4O3. The van der Waals surface area contributed by atoms with Crippen LogP contribution in [0.1, 0.15) is 19.8 Å². The van der Waals surface area contributed by atoms with E-state index in [1.165, 1.54) is 0 Å². The van der Waals surface area contributed by atoms with Crippen molar-refractivity contribution in [2.24, 2.45) is 0 Å². The Morgan fingerprint density at radius 1 is 1.10 bits per heavy atom. The summed E-state index contributed by atoms with van der Waals surface area (Å²) in [6.07, 6.45) is 2.21. The Morgan fingerprint density at radius 3 is 2.59 bits per heavy atom. The summed E-state index contributed by atoms with van der Waals surface area (Å²) in [5.74, 6) is 1.66. The molecule has 0 spiro atoms. The molecule has 152 valence electrons. The van der Waals surface area contributed by atoms with E-state index in [-0.39, 0.29) is 11.8 Å². The topological polar surface area (TPSA) is 66.0 Å². The molecule has 7 heteroatoms. The summed E-state index contributed by atoms with van der Waals surface area (Å²) in [7, 11) is 0. The summed E-state index contributed by atoms with van der Waals surface area (Å²) < 4.78 is 5.80. The Balaban J connectivity index is 1.35. The highest BCUT2D eigenvalue weighted by atomic mass is 16.5. The maximum atomic E-state index is 12.8. The van der Waals surface area contributed by atoms with Gasteiger partial charge in [-0.15, -0.1) is 0 Å². The van der Waals surface area contributed by atoms with Crippen molar-refractivity contribution in [3.8, 4) is 5.75 Å². The molecule has 1 atom stereocenters. The number of rotatable bonds is 5. The van der Waals surface area contributed by atoms with Crippen LogP contribution in [0.5, 0.6) is 5.75 Å². The Morgan fingerprint density at radius 2 is 1.86 bits per heavy atom. The van der Waals surface area contributed by atoms with Crippen molar-refractivity contribution >= 4 is 23.3 Å². The molecule has 4 rings (SSSR count). The average Bonchev–Trinajstić information content (AvgIpc) is 2.78. The zero-order valence-electron chi connectivity index (χ0n) is 16.7. The maximum absolute atomic E-state index is 12.8. The van der Waals surface area contributed by atoms with E-state index in [1.807, 2.05) is 54.3 Å². The van der Waals surface area contributed by atoms with Gasteiger partial charge in [0.05, 0.1) is 5.69 Å². The SMILES string of the molecule is CCC1Oc2ccccc2N(CCC(=O)N2CCN(c3ccccn3)CC2)C1=O. The number of benzene rings is 1. The number of carbonyl (C=O) groups excluding carboxylic acids is 2. The van der Waals surface area contributed by atoms with Gasteiger partial charge >= 0.3 is 0 Å². The van der Waals surface area contributed by atoms with Crippen LogP contribution >= 0.6 is 0 Å². The number of ether oxygens (including phenoxy) is 1. The number of nitrogens with zero attached hydrogens (tertiary/aromatic N) is 4. The molecule has 0 aliphatic carbocycles. The molecular weight excluding hydrogens is 368 g/mol. The normalized spacial score (nSPS) is 19.0. The number of para-hydroxylation sites is 2. The van der Waals surface area contributed by atoms with Gasteiger partial charge in [-0.1, -0.05) is 25.1 Å². The van der Waals surface area contributed by atoms with Gasteiger partial charge in [0.25, 0.3) is 5.91 Å². The number of aromatic nitrogens is 1. The predicted molar refractivity (Wildman–Crippen MR) is 111 cm³/mol. The summed E-state index contributed by atoms with van der Waals surface area (Å²) in [5, 5.41) is 0. The van der Waals surface area contributed by atoms with Crippen LogP contribution < -0.4 is 14.5 Å². The summed E-state index contributed by atoms with van der Waals surface area (Å²) >= 11 is 0. The van der Waals surface area contributed by atoms with Crippen molar-refractivity contribution < 1.29 is 14.3 Å². The second-order valence-electron chi connectivity index (χ2n) is 7.28. The lowest BCUT2D eigenvalue weighted by Gasteiger charge is -2.37. The smallest absolute Gasteiger partial charge is 0.268 e. The Hall–Kier alpha value is -3.09. The summed E-state index contributed by atoms with van der Waals surface area (Å²) in [6, 6.07) is 13.4. The standard InChI is InChI=1S/C22H26N4O3/c1-2-18-22(28)26(17-7-3-4-8-19(17)29-18)12-10-21(27)25-15-13-24(14-16-25)20-9-5-6-11-23-20/h3-9,11,18H,2,10,12-16H2,1H3. The fourth-order valence-electron chi connectivity index (χ4n) is 3.86. The number of amides is 2. The van der Waals surface area contributed by atoms with Crippen LogP contribution in [0.4, 0.5) is 11.5 Å². The minimum absolute atomic E-state index is 0.0704. The molecule has 2 aliphatic rings. The fraction of sp³-hybridized carbons (Fsp3) is 0.409. The van der Waals surface area contributed by atoms with E-state index in [2.05, 4.69) is 9.88 Å². The van der Waals surface area contributed by atoms with E-state index in [4.69, 9.17) is 4.74 Å². The van der Waals surface area contributed by atoms with Crippen molar-refractivity contribution in [1.29, 1.82) is 0 Å². The first kappa shape index (κ1) is 19.2. The molecule has 2 amide bonds. The molecule has 1 aromatic heterocycles. The molecule has 3 heterocycles. The van der Waals surface area contributed by atoms with Gasteiger partial charge in [0, 0.05) is 45.3 Å². The molecule has 0 bridgehead atoms. The molecule has 2 aromatic rings. The maximum Gasteiger partial charge on any atom is 0.268 e. The first-order valence-electron chi connectivity index (χ1n) is 10.2. The molecule has 1 aromatic carbocycles. The minimum Gasteiger partial charge on any atom is -0.478 e. The van der Waals surface area contributed by atoms with Gasteiger partial charge in [-0.3, -0.25) is 9.59 Å². The number of piperazine rings is 1. The Kier molecular flexibility index (Phi) is 5.64. The monoisotopic (exact) mass is 394 g/mol. The lowest BCUT2D eigenvalue weighted by Crippen LogP contribution is -2.50. The largest absolute Gasteiger partial charge is 0.478 e. The van der Waals surface area contributed by atoms with Gasteiger partial charge in [-0.05, 0) is 30.7 Å². The Labute approximate surface area is 170 Å². The molecule has 0 saturated carbocycles. The molecule has 2 aliphatic heterocycles. The van der Waals surface area contributed by atoms with Gasteiger partial charge in [0.1, 0.15) is 11.6 Å². The summed E-state index contributed by atoms with van der Waals surface area (Å²) in [6.45, 7) is 5.16. The van der Waals surface area contributed by atoms with Gasteiger partial charge < -0.3 is 19.4 Å². The molecule has 0 radical (unpaired) electrons. The first-order chi connectivity index (χ1) is 14.2. The highest BCUT2D eigenvalue weighted by molar-refractivity contribution is 6.00. The van der Waals surface area contributed by atoms with E-state index in [9.17, 15) is 9.59 Å². The lowest BCUT2D eigenvalue weighted by molar-refractivity contribution is -0.131. The minimum atomic E-state index is -0.484. The number of hydrogen-bond acceptors (Lipinski definition) is 5. The zero-order chi connectivity index (χ0) is 20.2. The van der Waals surface area contributed by atoms with Crippen molar-refractivity contribution in [3.63, 3.8) is 0 Å². The second-order valence-corrected chi connectivity index (χ2v) is 7.28. The lowest BCUT2D eigenvalue weighted by atomic mass is 10.1. The average molecular weight is 394 g/mol. The van der Waals surface area contributed by atoms with Crippen molar-refractivity contribution in [3.05, 3.63) is 48.7 Å². The first-order valence-corrected chi connectivity index (χ1v) is 10.2. The zero-order valence-corrected chi connectivity index (χ0v) is 16.7. The summed E-state index contributed by atoms with van der Waals surface area (Å²) in [5.41, 5.74) is 0.745. The highest BCUT2D eigenvalue weighted by Gasteiger charge is 2.33. The van der Waals surface area contributed by atoms with E-state index >= 15 is 0 Å². The van der Waals surface area contributed by atoms with Gasteiger partial charge in [-0.2, -0.15) is 0 Å². The van der Waals surface area contributed by atoms with Gasteiger partial charge in [0.15, 0.2) is 6.10 Å². The number of anilines is 2. The van der Waals surface area contributed by atoms with Crippen LogP contribution in [0, 0.1) is 0 Å². The van der Waals surface area contributed by atoms with Crippen LogP contribution in [0.25, 0.3) is 0 Å². The summed E-state index contributed by atoms with van der Waals surface area (Å²) in [4.78, 5) is 35.7. The number of carbonyl (C=O) groups is 2. The fourth-order valence-corrected chi connectivity index (χ4v) is 3.86. The van der Waals surface area contributed by atoms with Gasteiger partial charge in [0.2, 0.25) is 5.91 Å². The van der Waals surface area contributed by atoms with Crippen molar-refractivity contribution in [2.75, 3.05) is 42.5 Å². The van der Waals surface area contributed by atoms with E-state index < -0.39 is 6.10 Å². The molecule has 1 unspecified atom stereocenters. The predicted octanol–water partition coefficient (Wildman–Crippen LogP) is 2.32. The van der Waals surface area contributed by atoms with E-state index in [1.54, 1.807) is 11.1 Å². The molecule has 0 N–H and O–H groups in total. The van der Waals surface area contributed by atoms with Crippen molar-refractivity contribution in [2.45, 2.75) is 25.9 Å². The number of pyridine rings is 1. The number of fused-ring (bicyclic) bond motifs is 1. The van der Waals surface area contributed by atoms with Crippen LogP contribution in [0.15, 0.2) is 48.7 Å². The van der Waals surface area contributed by atoms with Gasteiger partial charge in [-0.25, -0.2) is 4.98 Å². The molecule has 7 nitrogen and oxygen atoms in total. The number of hydrogen-bond donors (Lipinski definition) is 0.